The fourth-order valence-corrected chi connectivity index (χ4v) is 8.71. The summed E-state index contributed by atoms with van der Waals surface area (Å²) in [4.78, 5) is 18.1. The van der Waals surface area contributed by atoms with Gasteiger partial charge in [-0.15, -0.1) is 0 Å². The zero-order chi connectivity index (χ0) is 37.8. The number of benzene rings is 2. The quantitative estimate of drug-likeness (QED) is 0.127. The number of nitriles is 2. The van der Waals surface area contributed by atoms with E-state index < -0.39 is 0 Å². The second-order valence-corrected chi connectivity index (χ2v) is 15.6. The van der Waals surface area contributed by atoms with Gasteiger partial charge in [-0.1, -0.05) is 123 Å². The molecule has 8 rings (SSSR count). The average molecular weight is 765 g/mol. The highest BCUT2D eigenvalue weighted by molar-refractivity contribution is 8.06. The Kier molecular flexibility index (Phi) is 12.8. The molecule has 0 unspecified atom stereocenters. The minimum atomic E-state index is 0.424. The lowest BCUT2D eigenvalue weighted by Gasteiger charge is -2.23. The van der Waals surface area contributed by atoms with E-state index in [9.17, 15) is 10.5 Å². The summed E-state index contributed by atoms with van der Waals surface area (Å²) in [6, 6.07) is 27.5. The van der Waals surface area contributed by atoms with Crippen molar-refractivity contribution >= 4 is 58.0 Å². The fourth-order valence-electron chi connectivity index (χ4n) is 6.98. The predicted octanol–water partition coefficient (Wildman–Crippen LogP) is 9.81. The number of aromatic nitrogens is 4. The van der Waals surface area contributed by atoms with E-state index in [1.807, 2.05) is 66.3 Å². The minimum absolute atomic E-state index is 0.424. The maximum absolute atomic E-state index is 9.87. The van der Waals surface area contributed by atoms with E-state index in [0.717, 1.165) is 63.8 Å². The van der Waals surface area contributed by atoms with Crippen LogP contribution in [0.3, 0.4) is 0 Å². The molecule has 0 bridgehead atoms. The van der Waals surface area contributed by atoms with Crippen LogP contribution in [0.4, 0.5) is 11.9 Å². The van der Waals surface area contributed by atoms with E-state index in [2.05, 4.69) is 60.5 Å². The van der Waals surface area contributed by atoms with E-state index in [1.165, 1.54) is 62.0 Å². The van der Waals surface area contributed by atoms with Crippen molar-refractivity contribution in [3.05, 3.63) is 128 Å². The van der Waals surface area contributed by atoms with Crippen molar-refractivity contribution in [2.45, 2.75) is 83.2 Å². The van der Waals surface area contributed by atoms with Crippen LogP contribution in [-0.4, -0.2) is 32.0 Å². The van der Waals surface area contributed by atoms with Gasteiger partial charge in [0.05, 0.1) is 32.8 Å². The van der Waals surface area contributed by atoms with Crippen molar-refractivity contribution < 1.29 is 0 Å². The van der Waals surface area contributed by atoms with Gasteiger partial charge in [-0.3, -0.25) is 0 Å². The summed E-state index contributed by atoms with van der Waals surface area (Å²) in [6.45, 7) is 1.95. The zero-order valence-electron chi connectivity index (χ0n) is 30.9. The lowest BCUT2D eigenvalue weighted by Crippen LogP contribution is -2.23. The molecule has 2 aliphatic heterocycles. The maximum atomic E-state index is 9.87. The Labute approximate surface area is 331 Å². The van der Waals surface area contributed by atoms with Gasteiger partial charge in [0.15, 0.2) is 0 Å². The standard InChI is InChI=1S/C22H23N5S.C21H21N5S/c1-15-13-24-22(25-17-10-6-3-7-11-17)27-20(15)18(12-23)21-26-19(14-28-21)16-8-4-2-5-9-16;22-13-17(20-25-19(14-27-20)15-7-3-1-4-8-15)18-11-12-23-21(26-18)24-16-9-5-2-6-10-16/h2,4-5,8-9,13-14,17,26H,3,6-7,10-11H2,1H3,(H,24,25,27);1,3-4,7-8,11-12,14,16,25H,2,5-6,9-10H2,(H,23,24,26). The number of hydrogen-bond donors (Lipinski definition) is 4. The van der Waals surface area contributed by atoms with E-state index in [-0.39, 0.29) is 0 Å². The van der Waals surface area contributed by atoms with Crippen LogP contribution in [-0.2, 0) is 0 Å². The molecule has 278 valence electrons. The van der Waals surface area contributed by atoms with Gasteiger partial charge in [-0.05, 0) is 55.4 Å². The summed E-state index contributed by atoms with van der Waals surface area (Å²) in [6.07, 6.45) is 15.7. The summed E-state index contributed by atoms with van der Waals surface area (Å²) in [5, 5.41) is 38.9. The Hall–Kier alpha value is -5.56. The summed E-state index contributed by atoms with van der Waals surface area (Å²) in [7, 11) is 0. The third kappa shape index (κ3) is 9.76. The first-order valence-corrected chi connectivity index (χ1v) is 20.7. The topological polar surface area (TPSA) is 147 Å². The molecular weight excluding hydrogens is 721 g/mol. The van der Waals surface area contributed by atoms with Gasteiger partial charge in [-0.25, -0.2) is 19.9 Å². The van der Waals surface area contributed by atoms with Gasteiger partial charge in [0.1, 0.15) is 23.3 Å². The van der Waals surface area contributed by atoms with Crippen LogP contribution in [0.15, 0.2) is 100.0 Å². The van der Waals surface area contributed by atoms with Crippen molar-refractivity contribution in [3.63, 3.8) is 0 Å². The Balaban J connectivity index is 0.000000169. The van der Waals surface area contributed by atoms with E-state index in [1.54, 1.807) is 18.5 Å². The molecule has 4 N–H and O–H groups in total. The first-order valence-electron chi connectivity index (χ1n) is 19.0. The van der Waals surface area contributed by atoms with Gasteiger partial charge in [0.25, 0.3) is 0 Å². The number of hydrogen-bond acceptors (Lipinski definition) is 12. The Morgan fingerprint density at radius 3 is 1.69 bits per heavy atom. The molecule has 10 nitrogen and oxygen atoms in total. The van der Waals surface area contributed by atoms with Crippen molar-refractivity contribution in [1.29, 1.82) is 10.5 Å². The van der Waals surface area contributed by atoms with Crippen molar-refractivity contribution in [2.24, 2.45) is 0 Å². The van der Waals surface area contributed by atoms with Crippen LogP contribution in [0.2, 0.25) is 0 Å². The molecule has 2 saturated carbocycles. The highest BCUT2D eigenvalue weighted by atomic mass is 32.2. The number of aryl methyl sites for hydroxylation is 1. The molecule has 2 aliphatic carbocycles. The molecule has 0 spiro atoms. The molecule has 4 heterocycles. The second-order valence-electron chi connectivity index (χ2n) is 13.9. The first-order chi connectivity index (χ1) is 27.1. The SMILES string of the molecule is Cc1cnc(NC2CCCCC2)nc1C(C#N)=C1NC(c2ccccc2)=CS1.N#CC(=C1NC(c2ccccc2)=CS1)c1ccnc(NC2CCCCC2)n1. The lowest BCUT2D eigenvalue weighted by atomic mass is 9.96. The van der Waals surface area contributed by atoms with Crippen molar-refractivity contribution in [1.82, 2.24) is 30.6 Å². The largest absolute Gasteiger partial charge is 0.351 e. The van der Waals surface area contributed by atoms with Crippen LogP contribution in [0.1, 0.15) is 92.3 Å². The zero-order valence-corrected chi connectivity index (χ0v) is 32.5. The summed E-state index contributed by atoms with van der Waals surface area (Å²) < 4.78 is 0. The molecule has 0 radical (unpaired) electrons. The normalized spacial score (nSPS) is 18.9. The second kappa shape index (κ2) is 18.7. The smallest absolute Gasteiger partial charge is 0.223 e. The number of anilines is 2. The summed E-state index contributed by atoms with van der Waals surface area (Å²) >= 11 is 3.04. The van der Waals surface area contributed by atoms with Crippen LogP contribution in [0.25, 0.3) is 22.5 Å². The molecule has 12 heteroatoms. The molecule has 4 aromatic rings. The molecule has 0 saturated heterocycles. The molecule has 4 aliphatic rings. The Morgan fingerprint density at radius 2 is 1.16 bits per heavy atom. The number of nitrogens with one attached hydrogen (secondary N) is 4. The van der Waals surface area contributed by atoms with E-state index in [0.29, 0.717) is 46.5 Å². The third-order valence-electron chi connectivity index (χ3n) is 9.93. The van der Waals surface area contributed by atoms with Gasteiger partial charge < -0.3 is 21.3 Å². The van der Waals surface area contributed by atoms with Gasteiger partial charge in [0.2, 0.25) is 11.9 Å². The van der Waals surface area contributed by atoms with Crippen LogP contribution >= 0.6 is 23.5 Å². The molecular formula is C43H44N10S2. The molecule has 2 fully saturated rings. The van der Waals surface area contributed by atoms with E-state index >= 15 is 0 Å². The molecule has 2 aromatic carbocycles. The predicted molar refractivity (Wildman–Crippen MR) is 225 cm³/mol. The Bertz CT molecular complexity index is 2170. The molecule has 0 amide bonds. The van der Waals surface area contributed by atoms with Crippen LogP contribution in [0.5, 0.6) is 0 Å². The number of allylic oxidation sites excluding steroid dienone is 2. The Morgan fingerprint density at radius 1 is 0.655 bits per heavy atom. The van der Waals surface area contributed by atoms with Gasteiger partial charge >= 0.3 is 0 Å². The van der Waals surface area contributed by atoms with Crippen LogP contribution < -0.4 is 21.3 Å². The number of rotatable bonds is 8. The minimum Gasteiger partial charge on any atom is -0.351 e. The number of thioether (sulfide) groups is 2. The monoisotopic (exact) mass is 764 g/mol. The molecule has 55 heavy (non-hydrogen) atoms. The third-order valence-corrected chi connectivity index (χ3v) is 11.7. The maximum Gasteiger partial charge on any atom is 0.223 e. The van der Waals surface area contributed by atoms with Crippen molar-refractivity contribution in [3.8, 4) is 12.1 Å². The molecule has 2 aromatic heterocycles. The van der Waals surface area contributed by atoms with Gasteiger partial charge in [0, 0.05) is 35.3 Å². The van der Waals surface area contributed by atoms with Gasteiger partial charge in [-0.2, -0.15) is 10.5 Å². The average Bonchev–Trinajstić information content (AvgIpc) is 3.93. The van der Waals surface area contributed by atoms with E-state index in [4.69, 9.17) is 4.98 Å². The summed E-state index contributed by atoms with van der Waals surface area (Å²) in [5.41, 5.74) is 7.51. The molecule has 0 atom stereocenters. The fraction of sp³-hybridized carbons (Fsp3) is 0.302. The highest BCUT2D eigenvalue weighted by Gasteiger charge is 2.22. The first kappa shape index (κ1) is 37.7. The number of nitrogens with zero attached hydrogens (tertiary/aromatic N) is 6. The van der Waals surface area contributed by atoms with Crippen molar-refractivity contribution in [2.75, 3.05) is 10.6 Å². The summed E-state index contributed by atoms with van der Waals surface area (Å²) in [5.74, 6) is 1.21. The van der Waals surface area contributed by atoms with Crippen LogP contribution in [0, 0.1) is 29.6 Å². The lowest BCUT2D eigenvalue weighted by molar-refractivity contribution is 0.461. The highest BCUT2D eigenvalue weighted by Crippen LogP contribution is 2.36.